The van der Waals surface area contributed by atoms with Gasteiger partial charge in [-0.15, -0.1) is 0 Å². The second kappa shape index (κ2) is 4.20. The van der Waals surface area contributed by atoms with Gasteiger partial charge in [-0.2, -0.15) is 0 Å². The number of halogens is 2. The molecule has 0 N–H and O–H groups in total. The Morgan fingerprint density at radius 3 is 2.23 bits per heavy atom. The predicted octanol–water partition coefficient (Wildman–Crippen LogP) is 3.43. The molecule has 0 radical (unpaired) electrons. The fourth-order valence-corrected chi connectivity index (χ4v) is 1.92. The smallest absolute Gasteiger partial charge is 0.179 e. The Morgan fingerprint density at radius 1 is 1.23 bits per heavy atom. The topological polar surface area (TPSA) is 18.5 Å². The standard InChI is InChI=1S/C9H10BrClO2/c1-5-6(10)4-7(11)9(13-3)8(5)12-2/h4H,1-3H3. The van der Waals surface area contributed by atoms with E-state index in [2.05, 4.69) is 15.9 Å². The highest BCUT2D eigenvalue weighted by atomic mass is 79.9. The van der Waals surface area contributed by atoms with Crippen molar-refractivity contribution >= 4 is 27.5 Å². The van der Waals surface area contributed by atoms with Crippen molar-refractivity contribution in [2.24, 2.45) is 0 Å². The summed E-state index contributed by atoms with van der Waals surface area (Å²) in [6, 6.07) is 1.79. The molecule has 0 aliphatic carbocycles. The van der Waals surface area contributed by atoms with Crippen LogP contribution in [0.25, 0.3) is 0 Å². The average Bonchev–Trinajstić information content (AvgIpc) is 2.10. The van der Waals surface area contributed by atoms with Crippen molar-refractivity contribution in [2.45, 2.75) is 6.92 Å². The predicted molar refractivity (Wildman–Crippen MR) is 57.0 cm³/mol. The molecule has 0 saturated carbocycles. The molecule has 0 aromatic heterocycles. The third-order valence-corrected chi connectivity index (χ3v) is 2.89. The monoisotopic (exact) mass is 264 g/mol. The minimum absolute atomic E-state index is 0.539. The highest BCUT2D eigenvalue weighted by Gasteiger charge is 2.14. The van der Waals surface area contributed by atoms with E-state index in [1.807, 2.05) is 6.92 Å². The van der Waals surface area contributed by atoms with Gasteiger partial charge in [-0.05, 0) is 13.0 Å². The van der Waals surface area contributed by atoms with Crippen molar-refractivity contribution in [3.8, 4) is 11.5 Å². The summed E-state index contributed by atoms with van der Waals surface area (Å²) in [4.78, 5) is 0. The van der Waals surface area contributed by atoms with E-state index < -0.39 is 0 Å². The van der Waals surface area contributed by atoms with Crippen LogP contribution in [0.3, 0.4) is 0 Å². The molecule has 0 amide bonds. The summed E-state index contributed by atoms with van der Waals surface area (Å²) in [6.07, 6.45) is 0. The maximum atomic E-state index is 5.95. The van der Waals surface area contributed by atoms with Crippen LogP contribution >= 0.6 is 27.5 Å². The van der Waals surface area contributed by atoms with Crippen molar-refractivity contribution < 1.29 is 9.47 Å². The second-order valence-electron chi connectivity index (χ2n) is 2.53. The summed E-state index contributed by atoms with van der Waals surface area (Å²) >= 11 is 9.33. The van der Waals surface area contributed by atoms with Crippen LogP contribution < -0.4 is 9.47 Å². The van der Waals surface area contributed by atoms with Crippen molar-refractivity contribution in [2.75, 3.05) is 14.2 Å². The summed E-state index contributed by atoms with van der Waals surface area (Å²) in [7, 11) is 3.16. The quantitative estimate of drug-likeness (QED) is 0.816. The van der Waals surface area contributed by atoms with Gasteiger partial charge in [0.1, 0.15) is 0 Å². The average molecular weight is 266 g/mol. The fourth-order valence-electron chi connectivity index (χ4n) is 1.11. The van der Waals surface area contributed by atoms with Gasteiger partial charge >= 0.3 is 0 Å². The summed E-state index contributed by atoms with van der Waals surface area (Å²) in [5.41, 5.74) is 0.976. The van der Waals surface area contributed by atoms with Crippen LogP contribution in [-0.4, -0.2) is 14.2 Å². The van der Waals surface area contributed by atoms with E-state index >= 15 is 0 Å². The molecule has 1 aromatic carbocycles. The molecule has 4 heteroatoms. The van der Waals surface area contributed by atoms with E-state index in [-0.39, 0.29) is 0 Å². The van der Waals surface area contributed by atoms with Gasteiger partial charge in [0.15, 0.2) is 11.5 Å². The van der Waals surface area contributed by atoms with E-state index in [0.29, 0.717) is 16.5 Å². The molecule has 0 bridgehead atoms. The number of ether oxygens (including phenoxy) is 2. The van der Waals surface area contributed by atoms with Crippen LogP contribution in [0.15, 0.2) is 10.5 Å². The maximum absolute atomic E-state index is 5.95. The molecule has 72 valence electrons. The molecule has 2 nitrogen and oxygen atoms in total. The minimum Gasteiger partial charge on any atom is -0.492 e. The van der Waals surface area contributed by atoms with Crippen LogP contribution in [0.5, 0.6) is 11.5 Å². The first-order valence-electron chi connectivity index (χ1n) is 3.68. The first-order valence-corrected chi connectivity index (χ1v) is 4.85. The highest BCUT2D eigenvalue weighted by molar-refractivity contribution is 9.10. The molecule has 1 rings (SSSR count). The van der Waals surface area contributed by atoms with Crippen LogP contribution in [0, 0.1) is 6.92 Å². The molecule has 0 fully saturated rings. The van der Waals surface area contributed by atoms with Crippen molar-refractivity contribution in [3.63, 3.8) is 0 Å². The number of benzene rings is 1. The Labute approximate surface area is 90.9 Å². The molecular weight excluding hydrogens is 255 g/mol. The van der Waals surface area contributed by atoms with Crippen molar-refractivity contribution in [1.29, 1.82) is 0 Å². The van der Waals surface area contributed by atoms with E-state index in [4.69, 9.17) is 21.1 Å². The van der Waals surface area contributed by atoms with Crippen LogP contribution in [0.1, 0.15) is 5.56 Å². The van der Waals surface area contributed by atoms with E-state index in [1.165, 1.54) is 0 Å². The van der Waals surface area contributed by atoms with Crippen molar-refractivity contribution in [1.82, 2.24) is 0 Å². The Kier molecular flexibility index (Phi) is 3.45. The van der Waals surface area contributed by atoms with Crippen LogP contribution in [0.4, 0.5) is 0 Å². The van der Waals surface area contributed by atoms with E-state index in [9.17, 15) is 0 Å². The summed E-state index contributed by atoms with van der Waals surface area (Å²) in [5, 5.41) is 0.539. The first-order chi connectivity index (χ1) is 6.11. The lowest BCUT2D eigenvalue weighted by Gasteiger charge is -2.12. The highest BCUT2D eigenvalue weighted by Crippen LogP contribution is 2.41. The third-order valence-electron chi connectivity index (χ3n) is 1.78. The minimum atomic E-state index is 0.539. The number of hydrogen-bond acceptors (Lipinski definition) is 2. The second-order valence-corrected chi connectivity index (χ2v) is 3.79. The number of methoxy groups -OCH3 is 2. The molecule has 13 heavy (non-hydrogen) atoms. The lowest BCUT2D eigenvalue weighted by molar-refractivity contribution is 0.353. The van der Waals surface area contributed by atoms with Gasteiger partial charge in [-0.1, -0.05) is 27.5 Å². The van der Waals surface area contributed by atoms with Crippen LogP contribution in [0.2, 0.25) is 5.02 Å². The molecule has 1 aromatic rings. The van der Waals surface area contributed by atoms with Gasteiger partial charge < -0.3 is 9.47 Å². The van der Waals surface area contributed by atoms with Crippen molar-refractivity contribution in [3.05, 3.63) is 21.1 Å². The summed E-state index contributed by atoms with van der Waals surface area (Å²) in [5.74, 6) is 1.24. The third kappa shape index (κ3) is 1.92. The number of hydrogen-bond donors (Lipinski definition) is 0. The van der Waals surface area contributed by atoms with Gasteiger partial charge in [0.05, 0.1) is 19.2 Å². The van der Waals surface area contributed by atoms with Gasteiger partial charge in [-0.25, -0.2) is 0 Å². The van der Waals surface area contributed by atoms with Gasteiger partial charge in [0.2, 0.25) is 0 Å². The van der Waals surface area contributed by atoms with E-state index in [0.717, 1.165) is 10.0 Å². The lowest BCUT2D eigenvalue weighted by Crippen LogP contribution is -1.94. The Bertz CT molecular complexity index is 326. The largest absolute Gasteiger partial charge is 0.492 e. The zero-order valence-electron chi connectivity index (χ0n) is 7.65. The molecule has 0 saturated heterocycles. The molecule has 0 atom stereocenters. The molecule has 0 unspecified atom stereocenters. The molecular formula is C9H10BrClO2. The number of rotatable bonds is 2. The van der Waals surface area contributed by atoms with Crippen LogP contribution in [-0.2, 0) is 0 Å². The molecule has 0 aliphatic heterocycles. The molecule has 0 spiro atoms. The van der Waals surface area contributed by atoms with Gasteiger partial charge in [-0.3, -0.25) is 0 Å². The summed E-state index contributed by atoms with van der Waals surface area (Å²) < 4.78 is 11.2. The zero-order valence-corrected chi connectivity index (χ0v) is 9.99. The lowest BCUT2D eigenvalue weighted by atomic mass is 10.2. The first kappa shape index (κ1) is 10.7. The summed E-state index contributed by atoms with van der Waals surface area (Å²) in [6.45, 7) is 1.93. The van der Waals surface area contributed by atoms with Gasteiger partial charge in [0.25, 0.3) is 0 Å². The zero-order chi connectivity index (χ0) is 10.0. The molecule has 0 aliphatic rings. The maximum Gasteiger partial charge on any atom is 0.179 e. The Morgan fingerprint density at radius 2 is 1.77 bits per heavy atom. The Balaban J connectivity index is 3.41. The van der Waals surface area contributed by atoms with Gasteiger partial charge in [0, 0.05) is 10.0 Å². The normalized spacial score (nSPS) is 9.92. The van der Waals surface area contributed by atoms with E-state index in [1.54, 1.807) is 20.3 Å². The molecule has 0 heterocycles. The SMILES string of the molecule is COc1c(Cl)cc(Br)c(C)c1OC. The Hall–Kier alpha value is -0.410. The fraction of sp³-hybridized carbons (Fsp3) is 0.333.